The molecule has 1 rings (SSSR count). The lowest BCUT2D eigenvalue weighted by Gasteiger charge is -2.13. The highest BCUT2D eigenvalue weighted by molar-refractivity contribution is 5.81. The summed E-state index contributed by atoms with van der Waals surface area (Å²) in [7, 11) is 3.41. The predicted octanol–water partition coefficient (Wildman–Crippen LogP) is 1.63. The first-order valence-corrected chi connectivity index (χ1v) is 8.33. The molecule has 24 heavy (non-hydrogen) atoms. The number of aryl methyl sites for hydroxylation is 1. The van der Waals surface area contributed by atoms with Crippen LogP contribution in [0.25, 0.3) is 0 Å². The maximum atomic E-state index is 11.6. The van der Waals surface area contributed by atoms with Gasteiger partial charge in [-0.05, 0) is 44.4 Å². The molecule has 1 aromatic rings. The number of carbonyl (C=O) groups excluding carboxylic acids is 1. The van der Waals surface area contributed by atoms with E-state index in [4.69, 9.17) is 4.74 Å². The Balaban J connectivity index is 2.33. The number of aliphatic imine (C=N–C) groups is 1. The Morgan fingerprint density at radius 1 is 1.25 bits per heavy atom. The number of nitrogens with zero attached hydrogens (tertiary/aromatic N) is 1. The fraction of sp³-hybridized carbons (Fsp3) is 0.556. The minimum atomic E-state index is 0.0414. The van der Waals surface area contributed by atoms with Crippen LogP contribution in [0.3, 0.4) is 0 Å². The number of hydrogen-bond acceptors (Lipinski definition) is 3. The molecule has 0 fully saturated rings. The summed E-state index contributed by atoms with van der Waals surface area (Å²) >= 11 is 0. The van der Waals surface area contributed by atoms with Gasteiger partial charge < -0.3 is 20.7 Å². The quantitative estimate of drug-likeness (QED) is 0.499. The van der Waals surface area contributed by atoms with Crippen LogP contribution in [0.2, 0.25) is 0 Å². The van der Waals surface area contributed by atoms with Crippen molar-refractivity contribution in [1.29, 1.82) is 0 Å². The predicted molar refractivity (Wildman–Crippen MR) is 98.7 cm³/mol. The van der Waals surface area contributed by atoms with Gasteiger partial charge in [0.15, 0.2) is 5.96 Å². The molecule has 134 valence electrons. The molecular weight excluding hydrogens is 304 g/mol. The van der Waals surface area contributed by atoms with Crippen molar-refractivity contribution in [3.63, 3.8) is 0 Å². The van der Waals surface area contributed by atoms with Gasteiger partial charge in [0.25, 0.3) is 0 Å². The molecule has 0 aliphatic heterocycles. The molecule has 0 radical (unpaired) electrons. The Morgan fingerprint density at radius 2 is 1.96 bits per heavy atom. The minimum Gasteiger partial charge on any atom is -0.496 e. The summed E-state index contributed by atoms with van der Waals surface area (Å²) in [6, 6.07) is 6.39. The third-order valence-corrected chi connectivity index (χ3v) is 3.50. The van der Waals surface area contributed by atoms with Gasteiger partial charge in [0.1, 0.15) is 5.75 Å². The fourth-order valence-electron chi connectivity index (χ4n) is 2.25. The Labute approximate surface area is 145 Å². The van der Waals surface area contributed by atoms with Crippen molar-refractivity contribution in [2.24, 2.45) is 4.99 Å². The molecule has 6 heteroatoms. The number of rotatable bonds is 8. The number of hydrogen-bond donors (Lipinski definition) is 3. The zero-order valence-electron chi connectivity index (χ0n) is 15.4. The van der Waals surface area contributed by atoms with Crippen LogP contribution in [0.4, 0.5) is 0 Å². The third kappa shape index (κ3) is 7.35. The first-order chi connectivity index (χ1) is 11.5. The van der Waals surface area contributed by atoms with Crippen LogP contribution in [0.5, 0.6) is 5.75 Å². The van der Waals surface area contributed by atoms with Crippen LogP contribution in [-0.2, 0) is 11.2 Å². The number of guanidine groups is 1. The number of amides is 1. The smallest absolute Gasteiger partial charge is 0.221 e. The van der Waals surface area contributed by atoms with Gasteiger partial charge in [-0.1, -0.05) is 12.1 Å². The average molecular weight is 334 g/mol. The molecule has 0 unspecified atom stereocenters. The zero-order chi connectivity index (χ0) is 17.9. The molecule has 0 aliphatic rings. The standard InChI is InChI=1S/C18H30N4O2/c1-13(2)22-17(23)9-11-21-18(19-4)20-10-8-15-7-6-14(3)16(12-15)24-5/h6-7,12-13H,8-11H2,1-5H3,(H,22,23)(H2,19,20,21). The molecule has 0 saturated carbocycles. The Kier molecular flexibility index (Phi) is 8.68. The van der Waals surface area contributed by atoms with Gasteiger partial charge in [0.05, 0.1) is 7.11 Å². The van der Waals surface area contributed by atoms with Gasteiger partial charge in [-0.3, -0.25) is 9.79 Å². The Hall–Kier alpha value is -2.24. The van der Waals surface area contributed by atoms with Gasteiger partial charge in [-0.25, -0.2) is 0 Å². The monoisotopic (exact) mass is 334 g/mol. The molecule has 1 aromatic carbocycles. The van der Waals surface area contributed by atoms with Gasteiger partial charge in [-0.2, -0.15) is 0 Å². The van der Waals surface area contributed by atoms with Gasteiger partial charge >= 0.3 is 0 Å². The van der Waals surface area contributed by atoms with E-state index in [-0.39, 0.29) is 11.9 Å². The van der Waals surface area contributed by atoms with E-state index in [9.17, 15) is 4.79 Å². The number of nitrogens with one attached hydrogen (secondary N) is 3. The summed E-state index contributed by atoms with van der Waals surface area (Å²) in [5.74, 6) is 1.65. The van der Waals surface area contributed by atoms with Gasteiger partial charge in [0, 0.05) is 32.6 Å². The van der Waals surface area contributed by atoms with Crippen molar-refractivity contribution in [2.75, 3.05) is 27.2 Å². The highest BCUT2D eigenvalue weighted by atomic mass is 16.5. The summed E-state index contributed by atoms with van der Waals surface area (Å²) in [5.41, 5.74) is 2.34. The molecule has 0 atom stereocenters. The highest BCUT2D eigenvalue weighted by Crippen LogP contribution is 2.18. The number of carbonyl (C=O) groups is 1. The molecule has 3 N–H and O–H groups in total. The summed E-state index contributed by atoms with van der Waals surface area (Å²) in [6.45, 7) is 7.24. The first kappa shape index (κ1) is 19.8. The van der Waals surface area contributed by atoms with Crippen LogP contribution < -0.4 is 20.7 Å². The molecule has 0 bridgehead atoms. The SMILES string of the molecule is CN=C(NCCC(=O)NC(C)C)NCCc1ccc(C)c(OC)c1. The summed E-state index contributed by atoms with van der Waals surface area (Å²) < 4.78 is 5.34. The zero-order valence-corrected chi connectivity index (χ0v) is 15.4. The third-order valence-electron chi connectivity index (χ3n) is 3.50. The van der Waals surface area contributed by atoms with Crippen LogP contribution >= 0.6 is 0 Å². The van der Waals surface area contributed by atoms with Gasteiger partial charge in [-0.15, -0.1) is 0 Å². The molecule has 0 heterocycles. The second-order valence-corrected chi connectivity index (χ2v) is 5.95. The maximum Gasteiger partial charge on any atom is 0.221 e. The van der Waals surface area contributed by atoms with Crippen LogP contribution in [0, 0.1) is 6.92 Å². The van der Waals surface area contributed by atoms with E-state index in [2.05, 4.69) is 39.1 Å². The number of methoxy groups -OCH3 is 1. The molecule has 6 nitrogen and oxygen atoms in total. The Bertz CT molecular complexity index is 556. The Morgan fingerprint density at radius 3 is 2.58 bits per heavy atom. The average Bonchev–Trinajstić information content (AvgIpc) is 2.54. The first-order valence-electron chi connectivity index (χ1n) is 8.33. The lowest BCUT2D eigenvalue weighted by molar-refractivity contribution is -0.121. The lowest BCUT2D eigenvalue weighted by Crippen LogP contribution is -2.40. The van der Waals surface area contributed by atoms with Crippen molar-refractivity contribution in [3.8, 4) is 5.75 Å². The maximum absolute atomic E-state index is 11.6. The van der Waals surface area contributed by atoms with E-state index in [1.165, 1.54) is 5.56 Å². The topological polar surface area (TPSA) is 74.8 Å². The van der Waals surface area contributed by atoms with Crippen LogP contribution in [-0.4, -0.2) is 45.2 Å². The second-order valence-electron chi connectivity index (χ2n) is 5.95. The van der Waals surface area contributed by atoms with E-state index in [1.807, 2.05) is 20.8 Å². The fourth-order valence-corrected chi connectivity index (χ4v) is 2.25. The van der Waals surface area contributed by atoms with Crippen molar-refractivity contribution in [3.05, 3.63) is 29.3 Å². The number of ether oxygens (including phenoxy) is 1. The largest absolute Gasteiger partial charge is 0.496 e. The molecule has 1 amide bonds. The van der Waals surface area contributed by atoms with Crippen molar-refractivity contribution < 1.29 is 9.53 Å². The molecule has 0 aromatic heterocycles. The van der Waals surface area contributed by atoms with Crippen molar-refractivity contribution >= 4 is 11.9 Å². The highest BCUT2D eigenvalue weighted by Gasteiger charge is 2.04. The van der Waals surface area contributed by atoms with E-state index in [0.717, 1.165) is 24.3 Å². The van der Waals surface area contributed by atoms with E-state index in [1.54, 1.807) is 14.2 Å². The van der Waals surface area contributed by atoms with Crippen molar-refractivity contribution in [1.82, 2.24) is 16.0 Å². The van der Waals surface area contributed by atoms with E-state index < -0.39 is 0 Å². The van der Waals surface area contributed by atoms with Crippen molar-refractivity contribution in [2.45, 2.75) is 39.7 Å². The molecular formula is C18H30N4O2. The van der Waals surface area contributed by atoms with Crippen LogP contribution in [0.15, 0.2) is 23.2 Å². The molecule has 0 aliphatic carbocycles. The minimum absolute atomic E-state index is 0.0414. The van der Waals surface area contributed by atoms with Crippen LogP contribution in [0.1, 0.15) is 31.4 Å². The summed E-state index contributed by atoms with van der Waals surface area (Å²) in [4.78, 5) is 15.7. The summed E-state index contributed by atoms with van der Waals surface area (Å²) in [5, 5.41) is 9.26. The van der Waals surface area contributed by atoms with E-state index >= 15 is 0 Å². The second kappa shape index (κ2) is 10.5. The van der Waals surface area contributed by atoms with E-state index in [0.29, 0.717) is 18.9 Å². The normalized spacial score (nSPS) is 11.3. The lowest BCUT2D eigenvalue weighted by atomic mass is 10.1. The summed E-state index contributed by atoms with van der Waals surface area (Å²) in [6.07, 6.45) is 1.29. The number of benzene rings is 1. The molecule has 0 saturated heterocycles. The van der Waals surface area contributed by atoms with Gasteiger partial charge in [0.2, 0.25) is 5.91 Å². The molecule has 0 spiro atoms.